The Hall–Kier alpha value is -3.61. The molecule has 0 aliphatic carbocycles. The van der Waals surface area contributed by atoms with Crippen LogP contribution in [-0.2, 0) is 22.6 Å². The van der Waals surface area contributed by atoms with Crippen LogP contribution in [0.3, 0.4) is 0 Å². The zero-order chi connectivity index (χ0) is 21.3. The fourth-order valence-electron chi connectivity index (χ4n) is 3.52. The fourth-order valence-corrected chi connectivity index (χ4v) is 3.52. The highest BCUT2D eigenvalue weighted by Crippen LogP contribution is 2.37. The van der Waals surface area contributed by atoms with Crippen LogP contribution in [0.4, 0.5) is 11.4 Å². The lowest BCUT2D eigenvalue weighted by Crippen LogP contribution is -2.44. The first-order valence-electron chi connectivity index (χ1n) is 9.80. The summed E-state index contributed by atoms with van der Waals surface area (Å²) >= 11 is 0. The quantitative estimate of drug-likeness (QED) is 0.698. The fraction of sp³-hybridized carbons (Fsp3) is 0.261. The van der Waals surface area contributed by atoms with E-state index in [0.29, 0.717) is 29.4 Å². The predicted octanol–water partition coefficient (Wildman–Crippen LogP) is 3.79. The Morgan fingerprint density at radius 3 is 2.63 bits per heavy atom. The normalized spacial score (nSPS) is 15.5. The third-order valence-corrected chi connectivity index (χ3v) is 5.16. The van der Waals surface area contributed by atoms with Gasteiger partial charge in [0.25, 0.3) is 5.91 Å². The van der Waals surface area contributed by atoms with Crippen LogP contribution in [0.1, 0.15) is 29.5 Å². The van der Waals surface area contributed by atoms with Gasteiger partial charge in [-0.3, -0.25) is 9.59 Å². The van der Waals surface area contributed by atoms with Crippen molar-refractivity contribution >= 4 is 23.2 Å². The summed E-state index contributed by atoms with van der Waals surface area (Å²) in [7, 11) is 0. The van der Waals surface area contributed by atoms with Gasteiger partial charge in [-0.2, -0.15) is 0 Å². The van der Waals surface area contributed by atoms with Gasteiger partial charge in [-0.15, -0.1) is 0 Å². The first-order valence-corrected chi connectivity index (χ1v) is 9.80. The van der Waals surface area contributed by atoms with E-state index in [0.717, 1.165) is 16.8 Å². The Morgan fingerprint density at radius 1 is 1.17 bits per heavy atom. The molecular formula is C23H23N3O4. The lowest BCUT2D eigenvalue weighted by molar-refractivity contribution is -0.125. The third kappa shape index (κ3) is 3.91. The molecule has 0 bridgehead atoms. The Morgan fingerprint density at radius 2 is 1.93 bits per heavy atom. The number of aromatic nitrogens is 1. The van der Waals surface area contributed by atoms with E-state index in [1.807, 2.05) is 44.2 Å². The number of rotatable bonds is 5. The molecule has 1 atom stereocenters. The number of amides is 2. The highest BCUT2D eigenvalue weighted by Gasteiger charge is 2.33. The van der Waals surface area contributed by atoms with Gasteiger partial charge >= 0.3 is 0 Å². The molecular weight excluding hydrogens is 382 g/mol. The first kappa shape index (κ1) is 19.7. The van der Waals surface area contributed by atoms with Crippen LogP contribution in [-0.4, -0.2) is 23.1 Å². The van der Waals surface area contributed by atoms with Crippen LogP contribution in [0.15, 0.2) is 53.1 Å². The van der Waals surface area contributed by atoms with Crippen molar-refractivity contribution in [3.05, 3.63) is 71.1 Å². The largest absolute Gasteiger partial charge is 0.479 e. The predicted molar refractivity (Wildman–Crippen MR) is 112 cm³/mol. The van der Waals surface area contributed by atoms with Gasteiger partial charge in [0.1, 0.15) is 11.5 Å². The molecule has 154 valence electrons. The Kier molecular flexibility index (Phi) is 5.27. The van der Waals surface area contributed by atoms with Crippen LogP contribution < -0.4 is 15.0 Å². The standard InChI is InChI=1S/C23H23N3O4/c1-14-19(15(2)30-25-14)13-26-20-12-18(9-10-21(20)29-16(3)23(26)28)24-22(27)11-17-7-5-4-6-8-17/h4-10,12,16H,11,13H2,1-3H3,(H,24,27). The lowest BCUT2D eigenvalue weighted by Gasteiger charge is -2.33. The number of aryl methyl sites for hydroxylation is 2. The molecule has 0 fully saturated rings. The summed E-state index contributed by atoms with van der Waals surface area (Å²) in [5.41, 5.74) is 3.75. The van der Waals surface area contributed by atoms with Gasteiger partial charge in [-0.05, 0) is 44.5 Å². The average Bonchev–Trinajstić information content (AvgIpc) is 3.04. The molecule has 1 aromatic heterocycles. The minimum atomic E-state index is -0.600. The summed E-state index contributed by atoms with van der Waals surface area (Å²) in [6.45, 7) is 5.72. The maximum atomic E-state index is 12.9. The lowest BCUT2D eigenvalue weighted by atomic mass is 10.1. The van der Waals surface area contributed by atoms with Gasteiger partial charge in [0.2, 0.25) is 5.91 Å². The van der Waals surface area contributed by atoms with Crippen molar-refractivity contribution in [1.29, 1.82) is 0 Å². The molecule has 0 saturated carbocycles. The van der Waals surface area contributed by atoms with Gasteiger partial charge in [-0.1, -0.05) is 35.5 Å². The van der Waals surface area contributed by atoms with Gasteiger partial charge in [0.15, 0.2) is 6.10 Å². The number of carbonyl (C=O) groups excluding carboxylic acids is 2. The monoisotopic (exact) mass is 405 g/mol. The smallest absolute Gasteiger partial charge is 0.268 e. The summed E-state index contributed by atoms with van der Waals surface area (Å²) in [5.74, 6) is 0.980. The maximum absolute atomic E-state index is 12.9. The highest BCUT2D eigenvalue weighted by molar-refractivity contribution is 6.01. The van der Waals surface area contributed by atoms with Crippen LogP contribution in [0.25, 0.3) is 0 Å². The van der Waals surface area contributed by atoms with E-state index in [-0.39, 0.29) is 18.2 Å². The average molecular weight is 405 g/mol. The summed E-state index contributed by atoms with van der Waals surface area (Å²) in [4.78, 5) is 27.0. The van der Waals surface area contributed by atoms with Crippen LogP contribution in [0, 0.1) is 13.8 Å². The van der Waals surface area contributed by atoms with E-state index < -0.39 is 6.10 Å². The Bertz CT molecular complexity index is 1070. The minimum absolute atomic E-state index is 0.130. The van der Waals surface area contributed by atoms with Crippen molar-refractivity contribution in [1.82, 2.24) is 5.16 Å². The number of anilines is 2. The van der Waals surface area contributed by atoms with E-state index in [4.69, 9.17) is 9.26 Å². The van der Waals surface area contributed by atoms with E-state index >= 15 is 0 Å². The second-order valence-electron chi connectivity index (χ2n) is 7.38. The van der Waals surface area contributed by atoms with Crippen molar-refractivity contribution in [2.75, 3.05) is 10.2 Å². The molecule has 1 aliphatic rings. The molecule has 30 heavy (non-hydrogen) atoms. The van der Waals surface area contributed by atoms with Crippen LogP contribution >= 0.6 is 0 Å². The summed E-state index contributed by atoms with van der Waals surface area (Å²) < 4.78 is 11.0. The molecule has 0 saturated heterocycles. The number of fused-ring (bicyclic) bond motifs is 1. The molecule has 0 radical (unpaired) electrons. The number of ether oxygens (including phenoxy) is 1. The Balaban J connectivity index is 1.59. The van der Waals surface area contributed by atoms with Crippen molar-refractivity contribution in [2.24, 2.45) is 0 Å². The van der Waals surface area contributed by atoms with Crippen LogP contribution in [0.5, 0.6) is 5.75 Å². The number of hydrogen-bond acceptors (Lipinski definition) is 5. The second-order valence-corrected chi connectivity index (χ2v) is 7.38. The molecule has 1 aliphatic heterocycles. The maximum Gasteiger partial charge on any atom is 0.268 e. The van der Waals surface area contributed by atoms with Gasteiger partial charge in [-0.25, -0.2) is 0 Å². The third-order valence-electron chi connectivity index (χ3n) is 5.16. The molecule has 2 aromatic carbocycles. The van der Waals surface area contributed by atoms with Crippen molar-refractivity contribution in [3.8, 4) is 5.75 Å². The van der Waals surface area contributed by atoms with Gasteiger partial charge in [0.05, 0.1) is 24.3 Å². The van der Waals surface area contributed by atoms with E-state index in [2.05, 4.69) is 10.5 Å². The second kappa shape index (κ2) is 8.02. The van der Waals surface area contributed by atoms with Gasteiger partial charge in [0, 0.05) is 11.3 Å². The molecule has 2 amide bonds. The molecule has 0 spiro atoms. The molecule has 1 unspecified atom stereocenters. The summed E-state index contributed by atoms with van der Waals surface area (Å²) in [6.07, 6.45) is -0.329. The van der Waals surface area contributed by atoms with E-state index in [1.165, 1.54) is 0 Å². The number of hydrogen-bond donors (Lipinski definition) is 1. The molecule has 2 heterocycles. The minimum Gasteiger partial charge on any atom is -0.479 e. The SMILES string of the molecule is Cc1noc(C)c1CN1C(=O)C(C)Oc2ccc(NC(=O)Cc3ccccc3)cc21. The van der Waals surface area contributed by atoms with E-state index in [9.17, 15) is 9.59 Å². The molecule has 4 rings (SSSR count). The van der Waals surface area contributed by atoms with E-state index in [1.54, 1.807) is 30.0 Å². The molecule has 7 heteroatoms. The summed E-state index contributed by atoms with van der Waals surface area (Å²) in [6, 6.07) is 14.8. The van der Waals surface area contributed by atoms with Crippen LogP contribution in [0.2, 0.25) is 0 Å². The molecule has 1 N–H and O–H groups in total. The van der Waals surface area contributed by atoms with Gasteiger partial charge < -0.3 is 19.5 Å². The first-order chi connectivity index (χ1) is 14.4. The topological polar surface area (TPSA) is 84.7 Å². The highest BCUT2D eigenvalue weighted by atomic mass is 16.5. The van der Waals surface area contributed by atoms with Crippen molar-refractivity contribution in [3.63, 3.8) is 0 Å². The number of carbonyl (C=O) groups is 2. The number of benzene rings is 2. The number of nitrogens with one attached hydrogen (secondary N) is 1. The Labute approximate surface area is 174 Å². The van der Waals surface area contributed by atoms with Crippen molar-refractivity contribution < 1.29 is 18.8 Å². The molecule has 3 aromatic rings. The zero-order valence-corrected chi connectivity index (χ0v) is 17.1. The van der Waals surface area contributed by atoms with Crippen molar-refractivity contribution in [2.45, 2.75) is 39.8 Å². The zero-order valence-electron chi connectivity index (χ0n) is 17.1. The number of nitrogens with zero attached hydrogens (tertiary/aromatic N) is 2. The summed E-state index contributed by atoms with van der Waals surface area (Å²) in [5, 5.41) is 6.88. The molecule has 7 nitrogen and oxygen atoms in total.